The SMILES string of the molecule is CCOC(=O)CC=Cc1ccc(F)c(Cl)c1. The molecule has 0 bridgehead atoms. The molecule has 0 radical (unpaired) electrons. The summed E-state index contributed by atoms with van der Waals surface area (Å²) in [5.41, 5.74) is 0.746. The second kappa shape index (κ2) is 6.28. The van der Waals surface area contributed by atoms with Crippen molar-refractivity contribution in [3.63, 3.8) is 0 Å². The Morgan fingerprint density at radius 1 is 1.56 bits per heavy atom. The van der Waals surface area contributed by atoms with Crippen LogP contribution in [0.1, 0.15) is 18.9 Å². The van der Waals surface area contributed by atoms with Gasteiger partial charge in [0.1, 0.15) is 5.82 Å². The number of benzene rings is 1. The first-order valence-electron chi connectivity index (χ1n) is 4.90. The highest BCUT2D eigenvalue weighted by Gasteiger charge is 1.99. The van der Waals surface area contributed by atoms with Gasteiger partial charge in [-0.05, 0) is 24.6 Å². The number of esters is 1. The molecule has 0 aliphatic carbocycles. The summed E-state index contributed by atoms with van der Waals surface area (Å²) in [6, 6.07) is 4.37. The number of ether oxygens (including phenoxy) is 1. The van der Waals surface area contributed by atoms with Crippen LogP contribution in [0.25, 0.3) is 6.08 Å². The third-order valence-electron chi connectivity index (χ3n) is 1.84. The first-order valence-corrected chi connectivity index (χ1v) is 5.28. The van der Waals surface area contributed by atoms with E-state index in [1.165, 1.54) is 12.1 Å². The molecule has 0 heterocycles. The average Bonchev–Trinajstić information content (AvgIpc) is 2.24. The first-order chi connectivity index (χ1) is 7.63. The minimum absolute atomic E-state index is 0.0679. The van der Waals surface area contributed by atoms with E-state index in [0.717, 1.165) is 5.56 Å². The van der Waals surface area contributed by atoms with Crippen LogP contribution in [0.2, 0.25) is 5.02 Å². The van der Waals surface area contributed by atoms with E-state index in [1.807, 2.05) is 0 Å². The maximum Gasteiger partial charge on any atom is 0.309 e. The molecule has 0 saturated heterocycles. The van der Waals surface area contributed by atoms with Gasteiger partial charge in [-0.25, -0.2) is 4.39 Å². The van der Waals surface area contributed by atoms with Crippen LogP contribution < -0.4 is 0 Å². The summed E-state index contributed by atoms with van der Waals surface area (Å²) in [4.78, 5) is 11.0. The molecule has 0 atom stereocenters. The number of rotatable bonds is 4. The molecule has 0 saturated carbocycles. The van der Waals surface area contributed by atoms with E-state index in [1.54, 1.807) is 25.1 Å². The standard InChI is InChI=1S/C12H12ClFO2/c1-2-16-12(15)5-3-4-9-6-7-11(14)10(13)8-9/h3-4,6-8H,2,5H2,1H3. The highest BCUT2D eigenvalue weighted by atomic mass is 35.5. The van der Waals surface area contributed by atoms with Crippen molar-refractivity contribution in [2.24, 2.45) is 0 Å². The lowest BCUT2D eigenvalue weighted by atomic mass is 10.2. The molecule has 1 aromatic carbocycles. The lowest BCUT2D eigenvalue weighted by Gasteiger charge is -1.98. The van der Waals surface area contributed by atoms with E-state index >= 15 is 0 Å². The number of hydrogen-bond donors (Lipinski definition) is 0. The van der Waals surface area contributed by atoms with Gasteiger partial charge in [0, 0.05) is 0 Å². The zero-order valence-corrected chi connectivity index (χ0v) is 9.63. The van der Waals surface area contributed by atoms with Crippen molar-refractivity contribution in [1.82, 2.24) is 0 Å². The third kappa shape index (κ3) is 4.03. The second-order valence-electron chi connectivity index (χ2n) is 3.09. The van der Waals surface area contributed by atoms with E-state index in [-0.39, 0.29) is 17.4 Å². The Morgan fingerprint density at radius 2 is 2.31 bits per heavy atom. The summed E-state index contributed by atoms with van der Waals surface area (Å²) in [5.74, 6) is -0.740. The fourth-order valence-electron chi connectivity index (χ4n) is 1.13. The number of halogens is 2. The zero-order chi connectivity index (χ0) is 12.0. The third-order valence-corrected chi connectivity index (χ3v) is 2.13. The minimum Gasteiger partial charge on any atom is -0.466 e. The van der Waals surface area contributed by atoms with Crippen molar-refractivity contribution in [3.05, 3.63) is 40.7 Å². The van der Waals surface area contributed by atoms with Crippen LogP contribution in [0, 0.1) is 5.82 Å². The minimum atomic E-state index is -0.454. The molecule has 0 spiro atoms. The highest BCUT2D eigenvalue weighted by molar-refractivity contribution is 6.30. The molecule has 1 rings (SSSR count). The summed E-state index contributed by atoms with van der Waals surface area (Å²) in [6.07, 6.45) is 3.55. The van der Waals surface area contributed by atoms with Gasteiger partial charge in [0.2, 0.25) is 0 Å². The fraction of sp³-hybridized carbons (Fsp3) is 0.250. The van der Waals surface area contributed by atoms with Gasteiger partial charge in [-0.15, -0.1) is 0 Å². The maximum absolute atomic E-state index is 12.8. The lowest BCUT2D eigenvalue weighted by molar-refractivity contribution is -0.142. The summed E-state index contributed by atoms with van der Waals surface area (Å²) in [5, 5.41) is 0.0679. The van der Waals surface area contributed by atoms with E-state index in [9.17, 15) is 9.18 Å². The molecule has 0 fully saturated rings. The number of carbonyl (C=O) groups excluding carboxylic acids is 1. The largest absolute Gasteiger partial charge is 0.466 e. The molecule has 4 heteroatoms. The van der Waals surface area contributed by atoms with E-state index < -0.39 is 5.82 Å². The van der Waals surface area contributed by atoms with Gasteiger partial charge in [0.05, 0.1) is 18.1 Å². The second-order valence-corrected chi connectivity index (χ2v) is 3.49. The van der Waals surface area contributed by atoms with Gasteiger partial charge in [0.15, 0.2) is 0 Å². The zero-order valence-electron chi connectivity index (χ0n) is 8.87. The Kier molecular flexibility index (Phi) is 4.99. The molecule has 2 nitrogen and oxygen atoms in total. The molecule has 16 heavy (non-hydrogen) atoms. The van der Waals surface area contributed by atoms with Crippen LogP contribution in [0.5, 0.6) is 0 Å². The Bertz CT molecular complexity index is 402. The van der Waals surface area contributed by atoms with Crippen molar-refractivity contribution in [2.45, 2.75) is 13.3 Å². The van der Waals surface area contributed by atoms with E-state index in [0.29, 0.717) is 6.61 Å². The van der Waals surface area contributed by atoms with Crippen molar-refractivity contribution in [3.8, 4) is 0 Å². The van der Waals surface area contributed by atoms with Gasteiger partial charge in [-0.2, -0.15) is 0 Å². The van der Waals surface area contributed by atoms with E-state index in [4.69, 9.17) is 16.3 Å². The van der Waals surface area contributed by atoms with Crippen molar-refractivity contribution in [2.75, 3.05) is 6.61 Å². The Hall–Kier alpha value is -1.35. The van der Waals surface area contributed by atoms with Crippen LogP contribution in [0.4, 0.5) is 4.39 Å². The molecule has 0 unspecified atom stereocenters. The summed E-state index contributed by atoms with van der Waals surface area (Å²) >= 11 is 5.60. The van der Waals surface area contributed by atoms with Gasteiger partial charge in [-0.1, -0.05) is 29.8 Å². The Morgan fingerprint density at radius 3 is 2.94 bits per heavy atom. The molecule has 0 aromatic heterocycles. The molecular weight excluding hydrogens is 231 g/mol. The van der Waals surface area contributed by atoms with Crippen LogP contribution in [-0.4, -0.2) is 12.6 Å². The molecule has 0 N–H and O–H groups in total. The number of carbonyl (C=O) groups is 1. The molecule has 86 valence electrons. The average molecular weight is 243 g/mol. The summed E-state index contributed by atoms with van der Waals surface area (Å²) in [6.45, 7) is 2.12. The Balaban J connectivity index is 2.56. The quantitative estimate of drug-likeness (QED) is 0.756. The van der Waals surface area contributed by atoms with E-state index in [2.05, 4.69) is 0 Å². The topological polar surface area (TPSA) is 26.3 Å². The monoisotopic (exact) mass is 242 g/mol. The van der Waals surface area contributed by atoms with Crippen molar-refractivity contribution in [1.29, 1.82) is 0 Å². The van der Waals surface area contributed by atoms with Crippen LogP contribution in [0.3, 0.4) is 0 Å². The normalized spacial score (nSPS) is 10.7. The number of hydrogen-bond acceptors (Lipinski definition) is 2. The molecule has 1 aromatic rings. The molecule has 0 aliphatic rings. The summed E-state index contributed by atoms with van der Waals surface area (Å²) in [7, 11) is 0. The highest BCUT2D eigenvalue weighted by Crippen LogP contribution is 2.16. The van der Waals surface area contributed by atoms with Crippen molar-refractivity contribution < 1.29 is 13.9 Å². The molecule has 0 aliphatic heterocycles. The Labute approximate surface area is 98.7 Å². The lowest BCUT2D eigenvalue weighted by Crippen LogP contribution is -2.01. The predicted octanol–water partition coefficient (Wildman–Crippen LogP) is 3.45. The van der Waals surface area contributed by atoms with Crippen LogP contribution in [-0.2, 0) is 9.53 Å². The maximum atomic E-state index is 12.8. The van der Waals surface area contributed by atoms with Crippen LogP contribution >= 0.6 is 11.6 Å². The van der Waals surface area contributed by atoms with Gasteiger partial charge >= 0.3 is 5.97 Å². The molecule has 0 amide bonds. The van der Waals surface area contributed by atoms with Crippen LogP contribution in [0.15, 0.2) is 24.3 Å². The fourth-order valence-corrected chi connectivity index (χ4v) is 1.32. The van der Waals surface area contributed by atoms with Gasteiger partial charge in [0.25, 0.3) is 0 Å². The van der Waals surface area contributed by atoms with Gasteiger partial charge in [-0.3, -0.25) is 4.79 Å². The smallest absolute Gasteiger partial charge is 0.309 e. The van der Waals surface area contributed by atoms with Crippen molar-refractivity contribution >= 4 is 23.6 Å². The summed E-state index contributed by atoms with van der Waals surface area (Å²) < 4.78 is 17.6. The van der Waals surface area contributed by atoms with Gasteiger partial charge < -0.3 is 4.74 Å². The molecular formula is C12H12ClFO2. The first kappa shape index (κ1) is 12.7. The predicted molar refractivity (Wildman–Crippen MR) is 61.7 cm³/mol.